The molecule has 502 valence electrons. The van der Waals surface area contributed by atoms with E-state index in [9.17, 15) is 53.1 Å². The number of benzene rings is 2. The van der Waals surface area contributed by atoms with Crippen LogP contribution < -0.4 is 30.3 Å². The maximum atomic E-state index is 14.4. The van der Waals surface area contributed by atoms with Gasteiger partial charge in [-0.2, -0.15) is 0 Å². The molecule has 2 aromatic rings. The zero-order chi connectivity index (χ0) is 67.2. The molecule has 3 saturated heterocycles. The molecule has 7 rings (SSSR count). The lowest BCUT2D eigenvalue weighted by Crippen LogP contribution is -2.63. The number of epoxide rings is 1. The molecule has 29 heteroatoms. The Morgan fingerprint density at radius 1 is 0.957 bits per heavy atom. The number of esters is 1. The van der Waals surface area contributed by atoms with Crippen LogP contribution in [0.3, 0.4) is 0 Å². The van der Waals surface area contributed by atoms with Gasteiger partial charge in [0.1, 0.15) is 53.9 Å². The number of alkyl carbamates (subject to hydrolysis) is 1. The number of ether oxygens (including phenoxy) is 7. The molecule has 8 amide bonds. The second-order valence-electron chi connectivity index (χ2n) is 23.6. The summed E-state index contributed by atoms with van der Waals surface area (Å²) < 4.78 is 40.7. The molecule has 0 radical (unpaired) electrons. The van der Waals surface area contributed by atoms with E-state index in [0.717, 1.165) is 55.0 Å². The predicted molar refractivity (Wildman–Crippen MR) is 336 cm³/mol. The Kier molecular flexibility index (Phi) is 24.9. The van der Waals surface area contributed by atoms with Crippen LogP contribution >= 0.6 is 23.4 Å². The Hall–Kier alpha value is -7.92. The number of fused-ring (bicyclic) bond motifs is 5. The summed E-state index contributed by atoms with van der Waals surface area (Å²) >= 11 is 7.68. The van der Waals surface area contributed by atoms with Crippen LogP contribution in [0.15, 0.2) is 66.3 Å². The molecule has 0 saturated carbocycles. The van der Waals surface area contributed by atoms with Crippen LogP contribution in [-0.4, -0.2) is 200 Å². The van der Waals surface area contributed by atoms with E-state index in [1.54, 1.807) is 44.2 Å². The number of carbonyl (C=O) groups is 10. The third kappa shape index (κ3) is 18.7. The van der Waals surface area contributed by atoms with Gasteiger partial charge in [-0.15, -0.1) is 5.06 Å². The fraction of sp³-hybridized carbons (Fsp3) is 0.556. The predicted octanol–water partition coefficient (Wildman–Crippen LogP) is 6.95. The first-order chi connectivity index (χ1) is 43.6. The Bertz CT molecular complexity index is 3190. The number of imide groups is 1. The number of nitrogens with zero attached hydrogens (tertiary/aromatic N) is 5. The first kappa shape index (κ1) is 71.5. The zero-order valence-electron chi connectivity index (χ0n) is 53.4. The van der Waals surface area contributed by atoms with E-state index in [0.29, 0.717) is 28.5 Å². The van der Waals surface area contributed by atoms with Crippen molar-refractivity contribution in [2.75, 3.05) is 78.0 Å². The number of allylic oxidation sites excluding steroid dienone is 4. The van der Waals surface area contributed by atoms with Gasteiger partial charge in [-0.1, -0.05) is 85.1 Å². The van der Waals surface area contributed by atoms with E-state index in [1.165, 1.54) is 81.1 Å². The number of hydrogen-bond acceptors (Lipinski definition) is 21. The van der Waals surface area contributed by atoms with Gasteiger partial charge in [-0.3, -0.25) is 29.3 Å². The van der Waals surface area contributed by atoms with Crippen LogP contribution in [-0.2, 0) is 70.3 Å². The molecule has 1 aliphatic carbocycles. The number of aliphatic hydroxyl groups is 1. The second-order valence-corrected chi connectivity index (χ2v) is 25.0. The molecule has 4 bridgehead atoms. The number of rotatable bonds is 19. The van der Waals surface area contributed by atoms with Crippen molar-refractivity contribution >= 4 is 93.8 Å². The van der Waals surface area contributed by atoms with Crippen LogP contribution in [0.25, 0.3) is 0 Å². The van der Waals surface area contributed by atoms with Gasteiger partial charge in [0.05, 0.1) is 37.1 Å². The van der Waals surface area contributed by atoms with Crippen LogP contribution in [0.1, 0.15) is 103 Å². The summed E-state index contributed by atoms with van der Waals surface area (Å²) in [5.74, 6) is -4.45. The van der Waals surface area contributed by atoms with E-state index in [-0.39, 0.29) is 73.6 Å². The smallest absolute Gasteiger partial charge is 0.413 e. The van der Waals surface area contributed by atoms with Crippen molar-refractivity contribution in [3.05, 3.63) is 82.4 Å². The highest BCUT2D eigenvalue weighted by Gasteiger charge is 2.64. The quantitative estimate of drug-likeness (QED) is 0.0363. The molecule has 4 N–H and O–H groups in total. The van der Waals surface area contributed by atoms with Gasteiger partial charge in [0, 0.05) is 85.7 Å². The molecular formula is C63H83ClN8O19S. The number of nitrogens with one attached hydrogen (secondary N) is 3. The first-order valence-electron chi connectivity index (χ1n) is 30.3. The number of hydrogen-bond donors (Lipinski definition) is 4. The lowest BCUT2D eigenvalue weighted by molar-refractivity contribution is -0.196. The average molecular weight is 1320 g/mol. The van der Waals surface area contributed by atoms with Crippen molar-refractivity contribution in [2.45, 2.75) is 153 Å². The van der Waals surface area contributed by atoms with Gasteiger partial charge in [0.15, 0.2) is 11.5 Å². The highest BCUT2D eigenvalue weighted by Crippen LogP contribution is 2.49. The summed E-state index contributed by atoms with van der Waals surface area (Å²) in [7, 11) is 8.78. The molecule has 9 atom stereocenters. The minimum atomic E-state index is -1.91. The lowest BCUT2D eigenvalue weighted by Gasteiger charge is -2.42. The number of likely N-dealkylation sites (N-methyl/N-ethyl adjacent to an activating group) is 3. The third-order valence-corrected chi connectivity index (χ3v) is 18.1. The summed E-state index contributed by atoms with van der Waals surface area (Å²) in [6.45, 7) is 6.06. The first-order valence-corrected chi connectivity index (χ1v) is 31.7. The lowest BCUT2D eigenvalue weighted by atomic mass is 9.83. The summed E-state index contributed by atoms with van der Waals surface area (Å²) in [5.41, 5.74) is -0.761. The number of hydroxylamine groups is 2. The van der Waals surface area contributed by atoms with Crippen LogP contribution in [0.5, 0.6) is 11.5 Å². The maximum Gasteiger partial charge on any atom is 0.413 e. The van der Waals surface area contributed by atoms with Crippen molar-refractivity contribution in [3.63, 3.8) is 0 Å². The van der Waals surface area contributed by atoms with E-state index >= 15 is 0 Å². The van der Waals surface area contributed by atoms with Gasteiger partial charge in [0.2, 0.25) is 11.8 Å². The fourth-order valence-corrected chi connectivity index (χ4v) is 12.0. The molecular weight excluding hydrogens is 1240 g/mol. The minimum absolute atomic E-state index is 0.0178. The van der Waals surface area contributed by atoms with Crippen LogP contribution in [0, 0.1) is 5.92 Å². The largest absolute Gasteiger partial charge is 0.495 e. The Morgan fingerprint density at radius 3 is 2.40 bits per heavy atom. The minimum Gasteiger partial charge on any atom is -0.495 e. The highest BCUT2D eigenvalue weighted by molar-refractivity contribution is 8.13. The highest BCUT2D eigenvalue weighted by atomic mass is 35.5. The Labute approximate surface area is 543 Å². The number of carbonyl (C=O) groups excluding carboxylic acids is 10. The second kappa shape index (κ2) is 32.1. The Morgan fingerprint density at radius 2 is 1.68 bits per heavy atom. The van der Waals surface area contributed by atoms with Gasteiger partial charge in [-0.05, 0) is 81.8 Å². The molecule has 2 aromatic carbocycles. The van der Waals surface area contributed by atoms with Gasteiger partial charge >= 0.3 is 30.2 Å². The summed E-state index contributed by atoms with van der Waals surface area (Å²) in [5, 5.41) is 20.2. The van der Waals surface area contributed by atoms with Gasteiger partial charge < -0.3 is 73.3 Å². The Balaban J connectivity index is 0.925. The number of thioether (sulfide) groups is 1. The molecule has 4 aliphatic heterocycles. The monoisotopic (exact) mass is 1320 g/mol. The van der Waals surface area contributed by atoms with E-state index in [1.807, 2.05) is 25.2 Å². The number of anilines is 2. The van der Waals surface area contributed by atoms with Crippen molar-refractivity contribution < 1.29 is 91.0 Å². The molecule has 3 fully saturated rings. The van der Waals surface area contributed by atoms with E-state index in [2.05, 4.69) is 16.0 Å². The average Bonchev–Trinajstić information content (AvgIpc) is 1.57. The van der Waals surface area contributed by atoms with Crippen molar-refractivity contribution in [1.29, 1.82) is 0 Å². The third-order valence-electron chi connectivity index (χ3n) is 16.7. The molecule has 0 spiro atoms. The standard InChI is InChI=1S/C63H83ClN8O19S/c1-37-17-16-20-48(85-10)63(83)34-47(88-59(80)67-63)38(2)56-62(4,90-56)49(33-53(76)71(8)44-31-41(29-37)32-46(84-9)55(44)64)89-57(78)39(3)70(7)50(73)25-28-92-61(82)69(6)27-26-68(5)60(81)86-36-40-21-22-45(87-58(79)66-42-18-14-12-11-13-15-19-42)43(30-40)65-35-54(77)91-72-51(74)23-24-52(72)75/h14,16-18,20-22,30-32,38-39,42,47-49,56,65,83H,11-13,15,19,23-29,33-36H2,1-10H3,(H,66,79)(H,67,80)/b18-14+,20-16+,37-17+/t38-,39+,42?,47+,48-,49+,56+,62+,63+/m1/s1. The van der Waals surface area contributed by atoms with Crippen molar-refractivity contribution in [1.82, 2.24) is 30.4 Å². The summed E-state index contributed by atoms with van der Waals surface area (Å²) in [6, 6.07) is 6.53. The van der Waals surface area contributed by atoms with Crippen molar-refractivity contribution in [3.8, 4) is 11.5 Å². The number of halogens is 1. The fourth-order valence-electron chi connectivity index (χ4n) is 10.9. The maximum absolute atomic E-state index is 14.4. The normalized spacial score (nSPS) is 25.7. The SMILES string of the molecule is COc1cc2cc(c1Cl)N(C)C(=O)C[C@H](OC(=O)[C@H](C)N(C)C(=O)CCSC(=O)N(C)CCN(C)C(=O)OCc1ccc(OC(=O)NC3/C=C/CCCCC3)c(NCC(=O)ON3C(=O)CCC3=O)c1)[C@]1(C)O[C@H]1[C@H](C)[C@@H]1C[C@@](O)(NC(=O)O1)[C@H](OC)/C=C/C=C(\C)C2. The van der Waals surface area contributed by atoms with Gasteiger partial charge in [0.25, 0.3) is 17.1 Å². The topological polar surface area (TPSA) is 320 Å². The molecule has 4 heterocycles. The van der Waals surface area contributed by atoms with E-state index < -0.39 is 120 Å². The number of amides is 8. The molecule has 27 nitrogen and oxygen atoms in total. The molecule has 1 unspecified atom stereocenters. The molecule has 0 aromatic heterocycles. The van der Waals surface area contributed by atoms with E-state index in [4.69, 9.17) is 49.6 Å². The van der Waals surface area contributed by atoms with Crippen molar-refractivity contribution in [2.24, 2.45) is 5.92 Å². The summed E-state index contributed by atoms with van der Waals surface area (Å²) in [4.78, 5) is 142. The molecule has 5 aliphatic rings. The zero-order valence-corrected chi connectivity index (χ0v) is 55.0. The number of methoxy groups -OCH3 is 2. The van der Waals surface area contributed by atoms with Crippen LogP contribution in [0.4, 0.5) is 30.6 Å². The molecule has 92 heavy (non-hydrogen) atoms. The summed E-state index contributed by atoms with van der Waals surface area (Å²) in [6.07, 6.45) is 6.82. The van der Waals surface area contributed by atoms with Gasteiger partial charge in [-0.25, -0.2) is 24.0 Å². The van der Waals surface area contributed by atoms with Crippen LogP contribution in [0.2, 0.25) is 5.02 Å².